The number of thiophene rings is 1. The second-order valence-electron chi connectivity index (χ2n) is 10.1. The molecule has 0 spiro atoms. The Bertz CT molecular complexity index is 1130. The van der Waals surface area contributed by atoms with Gasteiger partial charge in [-0.25, -0.2) is 4.98 Å². The highest BCUT2D eigenvalue weighted by molar-refractivity contribution is 7.18. The summed E-state index contributed by atoms with van der Waals surface area (Å²) >= 11 is 1.68. The Morgan fingerprint density at radius 3 is 2.76 bits per heavy atom. The SMILES string of the molecule is CC1(C)Cc2c(sc3nc(Nc4cn[nH]c4)nc(OC4CCC(N5CCOCC5)CC4)c23)CO1. The van der Waals surface area contributed by atoms with E-state index >= 15 is 0 Å². The fourth-order valence-corrected chi connectivity index (χ4v) is 6.42. The number of morpholine rings is 1. The second-order valence-corrected chi connectivity index (χ2v) is 11.2. The van der Waals surface area contributed by atoms with E-state index in [1.54, 1.807) is 23.7 Å². The summed E-state index contributed by atoms with van der Waals surface area (Å²) in [6.45, 7) is 8.69. The minimum atomic E-state index is -0.206. The van der Waals surface area contributed by atoms with E-state index in [4.69, 9.17) is 24.2 Å². The molecule has 6 rings (SSSR count). The molecular formula is C24H32N6O3S. The normalized spacial score (nSPS) is 25.2. The van der Waals surface area contributed by atoms with Crippen molar-refractivity contribution in [3.8, 4) is 5.88 Å². The Morgan fingerprint density at radius 2 is 2.00 bits per heavy atom. The number of nitrogens with one attached hydrogen (secondary N) is 2. The molecule has 9 nitrogen and oxygen atoms in total. The number of H-pyrrole nitrogens is 1. The van der Waals surface area contributed by atoms with E-state index in [1.807, 2.05) is 0 Å². The van der Waals surface area contributed by atoms with Gasteiger partial charge in [0.1, 0.15) is 10.9 Å². The van der Waals surface area contributed by atoms with E-state index in [9.17, 15) is 0 Å². The summed E-state index contributed by atoms with van der Waals surface area (Å²) in [5.41, 5.74) is 1.90. The molecular weight excluding hydrogens is 452 g/mol. The molecule has 0 atom stereocenters. The Balaban J connectivity index is 1.27. The zero-order chi connectivity index (χ0) is 23.1. The number of aromatic nitrogens is 4. The molecule has 1 saturated heterocycles. The monoisotopic (exact) mass is 484 g/mol. The van der Waals surface area contributed by atoms with Crippen molar-refractivity contribution in [1.29, 1.82) is 0 Å². The number of hydrogen-bond donors (Lipinski definition) is 2. The third kappa shape index (κ3) is 4.51. The van der Waals surface area contributed by atoms with Gasteiger partial charge in [0.2, 0.25) is 11.8 Å². The van der Waals surface area contributed by atoms with Crippen LogP contribution in [-0.4, -0.2) is 69.1 Å². The van der Waals surface area contributed by atoms with E-state index in [0.29, 0.717) is 24.5 Å². The minimum Gasteiger partial charge on any atom is -0.474 e. The second kappa shape index (κ2) is 9.07. The molecule has 34 heavy (non-hydrogen) atoms. The number of anilines is 2. The molecule has 0 aromatic carbocycles. The number of hydrogen-bond acceptors (Lipinski definition) is 9. The van der Waals surface area contributed by atoms with Crippen LogP contribution in [0.25, 0.3) is 10.2 Å². The fourth-order valence-electron chi connectivity index (χ4n) is 5.33. The third-order valence-corrected chi connectivity index (χ3v) is 8.24. The van der Waals surface area contributed by atoms with Crippen LogP contribution in [0.1, 0.15) is 50.0 Å². The largest absolute Gasteiger partial charge is 0.474 e. The number of ether oxygens (including phenoxy) is 3. The average Bonchev–Trinajstić information content (AvgIpc) is 3.47. The van der Waals surface area contributed by atoms with Crippen LogP contribution in [-0.2, 0) is 22.5 Å². The molecule has 0 amide bonds. The zero-order valence-corrected chi connectivity index (χ0v) is 20.6. The lowest BCUT2D eigenvalue weighted by molar-refractivity contribution is -0.0379. The maximum Gasteiger partial charge on any atom is 0.232 e. The van der Waals surface area contributed by atoms with Crippen molar-refractivity contribution in [2.75, 3.05) is 31.6 Å². The van der Waals surface area contributed by atoms with E-state index < -0.39 is 0 Å². The molecule has 3 aromatic rings. The Morgan fingerprint density at radius 1 is 1.18 bits per heavy atom. The van der Waals surface area contributed by atoms with Gasteiger partial charge in [-0.15, -0.1) is 11.3 Å². The van der Waals surface area contributed by atoms with Gasteiger partial charge in [-0.1, -0.05) is 0 Å². The predicted octanol–water partition coefficient (Wildman–Crippen LogP) is 4.03. The van der Waals surface area contributed by atoms with Gasteiger partial charge in [0, 0.05) is 36.6 Å². The van der Waals surface area contributed by atoms with Crippen LogP contribution >= 0.6 is 11.3 Å². The van der Waals surface area contributed by atoms with E-state index in [2.05, 4.69) is 34.3 Å². The Labute approximate surface area is 203 Å². The van der Waals surface area contributed by atoms with Crippen molar-refractivity contribution < 1.29 is 14.2 Å². The van der Waals surface area contributed by atoms with E-state index in [-0.39, 0.29) is 11.7 Å². The van der Waals surface area contributed by atoms with Gasteiger partial charge in [0.15, 0.2) is 0 Å². The van der Waals surface area contributed by atoms with Crippen LogP contribution in [0.4, 0.5) is 11.6 Å². The molecule has 0 radical (unpaired) electrons. The summed E-state index contributed by atoms with van der Waals surface area (Å²) < 4.78 is 18.3. The van der Waals surface area contributed by atoms with Crippen LogP contribution in [0, 0.1) is 0 Å². The Kier molecular flexibility index (Phi) is 5.92. The zero-order valence-electron chi connectivity index (χ0n) is 19.8. The number of aromatic amines is 1. The van der Waals surface area contributed by atoms with Crippen LogP contribution < -0.4 is 10.1 Å². The average molecular weight is 485 g/mol. The van der Waals surface area contributed by atoms with Crippen LogP contribution in [0.3, 0.4) is 0 Å². The first-order chi connectivity index (χ1) is 16.5. The molecule has 1 saturated carbocycles. The summed E-state index contributed by atoms with van der Waals surface area (Å²) in [7, 11) is 0. The molecule has 2 aliphatic heterocycles. The number of fused-ring (bicyclic) bond motifs is 3. The summed E-state index contributed by atoms with van der Waals surface area (Å²) in [5, 5.41) is 11.2. The standard InChI is InChI=1S/C24H32N6O3S/c1-24(2)11-18-19(14-32-24)34-22-20(18)21(28-23(29-22)27-15-12-25-26-13-15)33-17-5-3-16(4-6-17)30-7-9-31-10-8-30/h12-13,16-17H,3-11,14H2,1-2H3,(H,25,26)(H,27,28,29). The molecule has 3 aliphatic rings. The van der Waals surface area contributed by atoms with Crippen molar-refractivity contribution in [2.24, 2.45) is 0 Å². The smallest absolute Gasteiger partial charge is 0.232 e. The summed E-state index contributed by atoms with van der Waals surface area (Å²) in [6.07, 6.45) is 8.90. The first-order valence-corrected chi connectivity index (χ1v) is 13.1. The molecule has 2 fully saturated rings. The van der Waals surface area contributed by atoms with Gasteiger partial charge >= 0.3 is 0 Å². The van der Waals surface area contributed by atoms with Crippen LogP contribution in [0.2, 0.25) is 0 Å². The molecule has 182 valence electrons. The van der Waals surface area contributed by atoms with Crippen molar-refractivity contribution in [2.45, 2.75) is 70.3 Å². The number of rotatable bonds is 5. The van der Waals surface area contributed by atoms with Crippen LogP contribution in [0.5, 0.6) is 5.88 Å². The quantitative estimate of drug-likeness (QED) is 0.560. The van der Waals surface area contributed by atoms with Gasteiger partial charge in [0.25, 0.3) is 0 Å². The first-order valence-electron chi connectivity index (χ1n) is 12.2. The van der Waals surface area contributed by atoms with E-state index in [1.165, 1.54) is 10.4 Å². The molecule has 2 N–H and O–H groups in total. The van der Waals surface area contributed by atoms with Gasteiger partial charge in [-0.2, -0.15) is 10.1 Å². The molecule has 0 bridgehead atoms. The highest BCUT2D eigenvalue weighted by Gasteiger charge is 2.33. The van der Waals surface area contributed by atoms with Gasteiger partial charge in [0.05, 0.1) is 42.7 Å². The number of nitrogens with zero attached hydrogens (tertiary/aromatic N) is 4. The van der Waals surface area contributed by atoms with Crippen molar-refractivity contribution >= 4 is 33.2 Å². The van der Waals surface area contributed by atoms with Crippen molar-refractivity contribution in [3.05, 3.63) is 22.8 Å². The molecule has 1 aliphatic carbocycles. The Hall–Kier alpha value is -2.27. The summed E-state index contributed by atoms with van der Waals surface area (Å²) in [5.74, 6) is 1.23. The van der Waals surface area contributed by atoms with Crippen molar-refractivity contribution in [3.63, 3.8) is 0 Å². The highest BCUT2D eigenvalue weighted by atomic mass is 32.1. The van der Waals surface area contributed by atoms with Crippen LogP contribution in [0.15, 0.2) is 12.4 Å². The summed E-state index contributed by atoms with van der Waals surface area (Å²) in [4.78, 5) is 14.5. The van der Waals surface area contributed by atoms with Crippen molar-refractivity contribution in [1.82, 2.24) is 25.1 Å². The minimum absolute atomic E-state index is 0.167. The molecule has 5 heterocycles. The third-order valence-electron chi connectivity index (χ3n) is 7.14. The topological polar surface area (TPSA) is 97.4 Å². The van der Waals surface area contributed by atoms with Gasteiger partial charge in [-0.3, -0.25) is 10.00 Å². The fraction of sp³-hybridized carbons (Fsp3) is 0.625. The maximum atomic E-state index is 6.66. The lowest BCUT2D eigenvalue weighted by atomic mass is 9.91. The first kappa shape index (κ1) is 22.2. The van der Waals surface area contributed by atoms with E-state index in [0.717, 1.165) is 74.3 Å². The maximum absolute atomic E-state index is 6.66. The van der Waals surface area contributed by atoms with Gasteiger partial charge in [-0.05, 0) is 45.1 Å². The molecule has 0 unspecified atom stereocenters. The highest BCUT2D eigenvalue weighted by Crippen LogP contribution is 2.43. The molecule has 3 aromatic heterocycles. The summed E-state index contributed by atoms with van der Waals surface area (Å²) in [6, 6.07) is 0.638. The predicted molar refractivity (Wildman–Crippen MR) is 131 cm³/mol. The molecule has 10 heteroatoms. The lowest BCUT2D eigenvalue weighted by Crippen LogP contribution is -2.46. The van der Waals surface area contributed by atoms with Gasteiger partial charge < -0.3 is 19.5 Å². The lowest BCUT2D eigenvalue weighted by Gasteiger charge is -2.38.